The molecular formula is C13H16N2O2S2. The Labute approximate surface area is 117 Å². The Balaban J connectivity index is 2.28. The van der Waals surface area contributed by atoms with Crippen LogP contribution < -0.4 is 10.5 Å². The van der Waals surface area contributed by atoms with Crippen LogP contribution in [-0.2, 0) is 16.6 Å². The first-order valence-corrected chi connectivity index (χ1v) is 8.29. The number of nitrogens with two attached hydrogens (primary N) is 1. The second-order valence-corrected chi connectivity index (χ2v) is 6.67. The van der Waals surface area contributed by atoms with Gasteiger partial charge in [0.2, 0.25) is 10.0 Å². The highest BCUT2D eigenvalue weighted by Crippen LogP contribution is 2.20. The summed E-state index contributed by atoms with van der Waals surface area (Å²) in [7, 11) is -3.55. The fourth-order valence-electron chi connectivity index (χ4n) is 1.82. The van der Waals surface area contributed by atoms with Crippen LogP contribution in [-0.4, -0.2) is 8.42 Å². The maximum atomic E-state index is 12.4. The molecule has 6 heteroatoms. The summed E-state index contributed by atoms with van der Waals surface area (Å²) in [5.41, 5.74) is 7.16. The monoisotopic (exact) mass is 296 g/mol. The summed E-state index contributed by atoms with van der Waals surface area (Å²) in [6, 6.07) is 8.43. The van der Waals surface area contributed by atoms with Gasteiger partial charge in [0.15, 0.2) is 0 Å². The van der Waals surface area contributed by atoms with Crippen LogP contribution in [0.2, 0.25) is 0 Å². The molecule has 19 heavy (non-hydrogen) atoms. The van der Waals surface area contributed by atoms with Crippen molar-refractivity contribution in [1.82, 2.24) is 4.72 Å². The summed E-state index contributed by atoms with van der Waals surface area (Å²) in [5.74, 6) is 0. The molecule has 4 nitrogen and oxygen atoms in total. The highest BCUT2D eigenvalue weighted by molar-refractivity contribution is 7.89. The van der Waals surface area contributed by atoms with E-state index in [1.54, 1.807) is 35.6 Å². The van der Waals surface area contributed by atoms with Crippen LogP contribution in [0.3, 0.4) is 0 Å². The highest BCUT2D eigenvalue weighted by Gasteiger charge is 2.20. The van der Waals surface area contributed by atoms with Crippen LogP contribution in [0.5, 0.6) is 0 Å². The SMILES string of the molecule is CC(NS(=O)(=O)c1ccccc1CN)c1ccsc1. The molecule has 0 saturated heterocycles. The van der Waals surface area contributed by atoms with Gasteiger partial charge < -0.3 is 5.73 Å². The summed E-state index contributed by atoms with van der Waals surface area (Å²) < 4.78 is 27.4. The van der Waals surface area contributed by atoms with Crippen molar-refractivity contribution >= 4 is 21.4 Å². The molecule has 0 spiro atoms. The zero-order chi connectivity index (χ0) is 13.9. The number of benzene rings is 1. The first-order valence-electron chi connectivity index (χ1n) is 5.87. The van der Waals surface area contributed by atoms with E-state index in [1.165, 1.54) is 0 Å². The maximum absolute atomic E-state index is 12.4. The Morgan fingerprint density at radius 2 is 2.05 bits per heavy atom. The van der Waals surface area contributed by atoms with Gasteiger partial charge in [-0.2, -0.15) is 11.3 Å². The predicted octanol–water partition coefficient (Wildman–Crippen LogP) is 2.25. The Morgan fingerprint density at radius 3 is 2.68 bits per heavy atom. The second-order valence-electron chi connectivity index (χ2n) is 4.21. The van der Waals surface area contributed by atoms with Gasteiger partial charge in [0.05, 0.1) is 4.90 Å². The fourth-order valence-corrected chi connectivity index (χ4v) is 4.06. The molecule has 1 atom stereocenters. The molecule has 0 saturated carbocycles. The molecule has 0 aliphatic rings. The maximum Gasteiger partial charge on any atom is 0.241 e. The van der Waals surface area contributed by atoms with Gasteiger partial charge >= 0.3 is 0 Å². The molecule has 1 aromatic carbocycles. The lowest BCUT2D eigenvalue weighted by Gasteiger charge is -2.15. The van der Waals surface area contributed by atoms with E-state index in [2.05, 4.69) is 4.72 Å². The molecule has 1 unspecified atom stereocenters. The third-order valence-corrected chi connectivity index (χ3v) is 5.20. The average molecular weight is 296 g/mol. The Bertz CT molecular complexity index is 636. The zero-order valence-electron chi connectivity index (χ0n) is 10.5. The molecule has 1 heterocycles. The standard InChI is InChI=1S/C13H16N2O2S2/c1-10(12-6-7-18-9-12)15-19(16,17)13-5-3-2-4-11(13)8-14/h2-7,9-10,15H,8,14H2,1H3. The molecule has 0 fully saturated rings. The van der Waals surface area contributed by atoms with E-state index in [-0.39, 0.29) is 17.5 Å². The second kappa shape index (κ2) is 5.83. The van der Waals surface area contributed by atoms with Gasteiger partial charge in [0, 0.05) is 12.6 Å². The van der Waals surface area contributed by atoms with Gasteiger partial charge in [-0.1, -0.05) is 18.2 Å². The molecule has 0 bridgehead atoms. The molecule has 0 aliphatic carbocycles. The van der Waals surface area contributed by atoms with Crippen molar-refractivity contribution in [2.45, 2.75) is 24.4 Å². The number of hydrogen-bond donors (Lipinski definition) is 2. The van der Waals surface area contributed by atoms with Crippen LogP contribution in [0.15, 0.2) is 46.0 Å². The summed E-state index contributed by atoms with van der Waals surface area (Å²) in [6.45, 7) is 2.02. The fraction of sp³-hybridized carbons (Fsp3) is 0.231. The lowest BCUT2D eigenvalue weighted by molar-refractivity contribution is 0.566. The van der Waals surface area contributed by atoms with Gasteiger partial charge in [0.25, 0.3) is 0 Å². The smallest absolute Gasteiger partial charge is 0.241 e. The lowest BCUT2D eigenvalue weighted by Crippen LogP contribution is -2.27. The lowest BCUT2D eigenvalue weighted by atomic mass is 10.2. The first kappa shape index (κ1) is 14.2. The molecule has 3 N–H and O–H groups in total. The van der Waals surface area contributed by atoms with Gasteiger partial charge in [-0.25, -0.2) is 13.1 Å². The number of thiophene rings is 1. The molecule has 0 amide bonds. The minimum absolute atomic E-state index is 0.198. The third kappa shape index (κ3) is 3.22. The summed E-state index contributed by atoms with van der Waals surface area (Å²) in [5, 5.41) is 3.86. The molecule has 2 rings (SSSR count). The highest BCUT2D eigenvalue weighted by atomic mass is 32.2. The van der Waals surface area contributed by atoms with Gasteiger partial charge in [-0.3, -0.25) is 0 Å². The molecule has 2 aromatic rings. The van der Waals surface area contributed by atoms with Crippen molar-refractivity contribution in [3.8, 4) is 0 Å². The first-order chi connectivity index (χ1) is 9.04. The minimum atomic E-state index is -3.55. The quantitative estimate of drug-likeness (QED) is 0.889. The number of rotatable bonds is 5. The molecule has 102 valence electrons. The van der Waals surface area contributed by atoms with E-state index in [0.29, 0.717) is 5.56 Å². The van der Waals surface area contributed by atoms with E-state index in [1.807, 2.05) is 23.8 Å². The summed E-state index contributed by atoms with van der Waals surface area (Å²) >= 11 is 1.54. The van der Waals surface area contributed by atoms with Crippen LogP contribution in [0, 0.1) is 0 Å². The molecule has 1 aromatic heterocycles. The number of sulfonamides is 1. The molecular weight excluding hydrogens is 280 g/mol. The largest absolute Gasteiger partial charge is 0.326 e. The van der Waals surface area contributed by atoms with E-state index < -0.39 is 10.0 Å². The van der Waals surface area contributed by atoms with E-state index in [4.69, 9.17) is 5.73 Å². The van der Waals surface area contributed by atoms with Crippen molar-refractivity contribution in [2.24, 2.45) is 5.73 Å². The number of hydrogen-bond acceptors (Lipinski definition) is 4. The normalized spacial score (nSPS) is 13.4. The topological polar surface area (TPSA) is 72.2 Å². The van der Waals surface area contributed by atoms with Gasteiger partial charge in [-0.15, -0.1) is 0 Å². The van der Waals surface area contributed by atoms with Crippen molar-refractivity contribution in [3.63, 3.8) is 0 Å². The van der Waals surface area contributed by atoms with Crippen molar-refractivity contribution < 1.29 is 8.42 Å². The van der Waals surface area contributed by atoms with E-state index in [9.17, 15) is 8.42 Å². The van der Waals surface area contributed by atoms with Crippen LogP contribution in [0.25, 0.3) is 0 Å². The Hall–Kier alpha value is -1.21. The summed E-state index contributed by atoms with van der Waals surface area (Å²) in [6.07, 6.45) is 0. The predicted molar refractivity (Wildman–Crippen MR) is 77.4 cm³/mol. The molecule has 0 radical (unpaired) electrons. The zero-order valence-corrected chi connectivity index (χ0v) is 12.2. The molecule has 0 aliphatic heterocycles. The van der Waals surface area contributed by atoms with Crippen LogP contribution in [0.4, 0.5) is 0 Å². The minimum Gasteiger partial charge on any atom is -0.326 e. The summed E-state index contributed by atoms with van der Waals surface area (Å²) in [4.78, 5) is 0.250. The van der Waals surface area contributed by atoms with E-state index in [0.717, 1.165) is 5.56 Å². The van der Waals surface area contributed by atoms with Crippen molar-refractivity contribution in [1.29, 1.82) is 0 Å². The van der Waals surface area contributed by atoms with Gasteiger partial charge in [0.1, 0.15) is 0 Å². The van der Waals surface area contributed by atoms with Crippen molar-refractivity contribution in [3.05, 3.63) is 52.2 Å². The van der Waals surface area contributed by atoms with E-state index >= 15 is 0 Å². The Morgan fingerprint density at radius 1 is 1.32 bits per heavy atom. The average Bonchev–Trinajstić information content (AvgIpc) is 2.92. The van der Waals surface area contributed by atoms with Crippen LogP contribution in [0.1, 0.15) is 24.1 Å². The Kier molecular flexibility index (Phi) is 4.36. The van der Waals surface area contributed by atoms with Crippen LogP contribution >= 0.6 is 11.3 Å². The van der Waals surface area contributed by atoms with Gasteiger partial charge in [-0.05, 0) is 40.9 Å². The third-order valence-electron chi connectivity index (χ3n) is 2.86. The number of nitrogens with one attached hydrogen (secondary N) is 1. The van der Waals surface area contributed by atoms with Crippen molar-refractivity contribution in [2.75, 3.05) is 0 Å².